The van der Waals surface area contributed by atoms with Crippen LogP contribution in [-0.2, 0) is 11.3 Å². The maximum absolute atomic E-state index is 5.43. The molecule has 0 amide bonds. The summed E-state index contributed by atoms with van der Waals surface area (Å²) >= 11 is 0. The fraction of sp³-hybridized carbons (Fsp3) is 0.692. The van der Waals surface area contributed by atoms with Gasteiger partial charge in [0, 0.05) is 19.2 Å². The molecule has 1 aliphatic carbocycles. The van der Waals surface area contributed by atoms with Crippen LogP contribution in [0, 0.1) is 5.41 Å². The van der Waals surface area contributed by atoms with E-state index in [1.807, 2.05) is 13.0 Å². The van der Waals surface area contributed by atoms with Crippen LogP contribution in [0.3, 0.4) is 0 Å². The van der Waals surface area contributed by atoms with Crippen molar-refractivity contribution in [3.05, 3.63) is 11.9 Å². The Bertz CT molecular complexity index is 419. The van der Waals surface area contributed by atoms with Crippen molar-refractivity contribution in [2.45, 2.75) is 39.7 Å². The van der Waals surface area contributed by atoms with Crippen molar-refractivity contribution in [3.8, 4) is 0 Å². The van der Waals surface area contributed by atoms with Gasteiger partial charge in [0.15, 0.2) is 5.82 Å². The summed E-state index contributed by atoms with van der Waals surface area (Å²) in [6.07, 6.45) is 3.81. The van der Waals surface area contributed by atoms with Gasteiger partial charge >= 0.3 is 0 Å². The van der Waals surface area contributed by atoms with Crippen LogP contribution in [0.5, 0.6) is 0 Å². The summed E-state index contributed by atoms with van der Waals surface area (Å²) in [4.78, 5) is 8.70. The zero-order valence-corrected chi connectivity index (χ0v) is 11.7. The van der Waals surface area contributed by atoms with Crippen molar-refractivity contribution in [2.75, 3.05) is 23.9 Å². The van der Waals surface area contributed by atoms with Crippen LogP contribution in [0.15, 0.2) is 6.07 Å². The highest BCUT2D eigenvalue weighted by molar-refractivity contribution is 5.47. The molecule has 1 aliphatic rings. The molecule has 0 aliphatic heterocycles. The number of ether oxygens (including phenoxy) is 1. The first-order chi connectivity index (χ1) is 9.21. The SMILES string of the molecule is CCOCc1nc(NN)cc(NCC2(CC)CC2)n1. The monoisotopic (exact) mass is 265 g/mol. The number of anilines is 2. The maximum Gasteiger partial charge on any atom is 0.158 e. The third-order valence-electron chi connectivity index (χ3n) is 3.71. The van der Waals surface area contributed by atoms with Gasteiger partial charge in [-0.1, -0.05) is 6.92 Å². The Balaban J connectivity index is 2.01. The predicted molar refractivity (Wildman–Crippen MR) is 75.6 cm³/mol. The van der Waals surface area contributed by atoms with Crippen LogP contribution in [0.1, 0.15) is 38.9 Å². The molecule has 1 heterocycles. The van der Waals surface area contributed by atoms with Crippen LogP contribution in [0.25, 0.3) is 0 Å². The van der Waals surface area contributed by atoms with E-state index in [9.17, 15) is 0 Å². The predicted octanol–water partition coefficient (Wildman–Crippen LogP) is 1.90. The second-order valence-corrected chi connectivity index (χ2v) is 5.04. The standard InChI is InChI=1S/C13H23N5O/c1-3-13(5-6-13)9-15-10-7-11(18-14)17-12(16-10)8-19-4-2/h7H,3-6,8-9,14H2,1-2H3,(H2,15,16,17,18). The van der Waals surface area contributed by atoms with E-state index in [2.05, 4.69) is 27.6 Å². The Kier molecular flexibility index (Phi) is 4.55. The molecule has 1 aromatic rings. The minimum absolute atomic E-state index is 0.402. The zero-order chi connectivity index (χ0) is 13.7. The number of rotatable bonds is 8. The minimum atomic E-state index is 0.402. The van der Waals surface area contributed by atoms with Crippen LogP contribution in [0.2, 0.25) is 0 Å². The number of hydrazine groups is 1. The molecule has 0 radical (unpaired) electrons. The fourth-order valence-corrected chi connectivity index (χ4v) is 2.03. The number of nitrogens with two attached hydrogens (primary N) is 1. The Hall–Kier alpha value is -1.40. The van der Waals surface area contributed by atoms with E-state index in [1.54, 1.807) is 0 Å². The van der Waals surface area contributed by atoms with E-state index >= 15 is 0 Å². The Labute approximate surface area is 114 Å². The van der Waals surface area contributed by atoms with Crippen LogP contribution >= 0.6 is 0 Å². The quantitative estimate of drug-likeness (QED) is 0.492. The van der Waals surface area contributed by atoms with Gasteiger partial charge in [-0.2, -0.15) is 0 Å². The smallest absolute Gasteiger partial charge is 0.158 e. The van der Waals surface area contributed by atoms with Gasteiger partial charge in [-0.3, -0.25) is 0 Å². The number of nitrogens with one attached hydrogen (secondary N) is 2. The van der Waals surface area contributed by atoms with Gasteiger partial charge in [-0.05, 0) is 31.6 Å². The van der Waals surface area contributed by atoms with Crippen molar-refractivity contribution in [1.82, 2.24) is 9.97 Å². The molecule has 0 unspecified atom stereocenters. The molecule has 19 heavy (non-hydrogen) atoms. The molecule has 1 saturated carbocycles. The highest BCUT2D eigenvalue weighted by atomic mass is 16.5. The van der Waals surface area contributed by atoms with Gasteiger partial charge in [0.2, 0.25) is 0 Å². The van der Waals surface area contributed by atoms with Crippen molar-refractivity contribution in [1.29, 1.82) is 0 Å². The normalized spacial score (nSPS) is 16.2. The van der Waals surface area contributed by atoms with Crippen molar-refractivity contribution in [2.24, 2.45) is 11.3 Å². The van der Waals surface area contributed by atoms with Gasteiger partial charge in [-0.15, -0.1) is 0 Å². The maximum atomic E-state index is 5.43. The number of nitrogens with zero attached hydrogens (tertiary/aromatic N) is 2. The van der Waals surface area contributed by atoms with E-state index < -0.39 is 0 Å². The Morgan fingerprint density at radius 3 is 2.63 bits per heavy atom. The van der Waals surface area contributed by atoms with Gasteiger partial charge < -0.3 is 15.5 Å². The molecule has 4 N–H and O–H groups in total. The molecule has 0 atom stereocenters. The minimum Gasteiger partial charge on any atom is -0.374 e. The Morgan fingerprint density at radius 1 is 1.32 bits per heavy atom. The number of hydrogen-bond acceptors (Lipinski definition) is 6. The van der Waals surface area contributed by atoms with Crippen LogP contribution in [0.4, 0.5) is 11.6 Å². The topological polar surface area (TPSA) is 85.1 Å². The summed E-state index contributed by atoms with van der Waals surface area (Å²) in [5.74, 6) is 7.48. The average molecular weight is 265 g/mol. The highest BCUT2D eigenvalue weighted by Gasteiger charge is 2.40. The van der Waals surface area contributed by atoms with E-state index in [0.29, 0.717) is 30.3 Å². The summed E-state index contributed by atoms with van der Waals surface area (Å²) < 4.78 is 5.33. The second kappa shape index (κ2) is 6.16. The first kappa shape index (κ1) is 14.0. The molecule has 2 rings (SSSR count). The third-order valence-corrected chi connectivity index (χ3v) is 3.71. The first-order valence-electron chi connectivity index (χ1n) is 6.87. The summed E-state index contributed by atoms with van der Waals surface area (Å²) in [6, 6.07) is 1.82. The number of aromatic nitrogens is 2. The summed E-state index contributed by atoms with van der Waals surface area (Å²) in [7, 11) is 0. The summed E-state index contributed by atoms with van der Waals surface area (Å²) in [5.41, 5.74) is 3.04. The number of hydrogen-bond donors (Lipinski definition) is 3. The zero-order valence-electron chi connectivity index (χ0n) is 11.7. The Morgan fingerprint density at radius 2 is 2.05 bits per heavy atom. The van der Waals surface area contributed by atoms with Gasteiger partial charge in [0.1, 0.15) is 18.2 Å². The lowest BCUT2D eigenvalue weighted by Crippen LogP contribution is -2.17. The van der Waals surface area contributed by atoms with Crippen molar-refractivity contribution >= 4 is 11.6 Å². The van der Waals surface area contributed by atoms with Crippen molar-refractivity contribution in [3.63, 3.8) is 0 Å². The second-order valence-electron chi connectivity index (χ2n) is 5.04. The molecule has 1 aromatic heterocycles. The van der Waals surface area contributed by atoms with E-state index in [1.165, 1.54) is 19.3 Å². The molecule has 0 aromatic carbocycles. The number of nitrogen functional groups attached to an aromatic ring is 1. The lowest BCUT2D eigenvalue weighted by molar-refractivity contribution is 0.128. The molecule has 106 valence electrons. The first-order valence-corrected chi connectivity index (χ1v) is 6.87. The molecule has 0 bridgehead atoms. The third kappa shape index (κ3) is 3.78. The fourth-order valence-electron chi connectivity index (χ4n) is 2.03. The molecule has 6 heteroatoms. The molecule has 0 spiro atoms. The molecular weight excluding hydrogens is 242 g/mol. The lowest BCUT2D eigenvalue weighted by atomic mass is 10.0. The summed E-state index contributed by atoms with van der Waals surface area (Å²) in [5, 5.41) is 3.39. The van der Waals surface area contributed by atoms with Crippen molar-refractivity contribution < 1.29 is 4.74 Å². The van der Waals surface area contributed by atoms with Gasteiger partial charge in [-0.25, -0.2) is 15.8 Å². The highest BCUT2D eigenvalue weighted by Crippen LogP contribution is 2.48. The molecule has 6 nitrogen and oxygen atoms in total. The molecule has 1 fully saturated rings. The average Bonchev–Trinajstić information content (AvgIpc) is 3.23. The molecular formula is C13H23N5O. The van der Waals surface area contributed by atoms with Crippen LogP contribution in [-0.4, -0.2) is 23.1 Å². The lowest BCUT2D eigenvalue weighted by Gasteiger charge is -2.15. The van der Waals surface area contributed by atoms with Crippen LogP contribution < -0.4 is 16.6 Å². The van der Waals surface area contributed by atoms with E-state index in [-0.39, 0.29) is 0 Å². The van der Waals surface area contributed by atoms with Gasteiger partial charge in [0.05, 0.1) is 0 Å². The molecule has 0 saturated heterocycles. The van der Waals surface area contributed by atoms with Gasteiger partial charge in [0.25, 0.3) is 0 Å². The van der Waals surface area contributed by atoms with E-state index in [4.69, 9.17) is 10.6 Å². The van der Waals surface area contributed by atoms with E-state index in [0.717, 1.165) is 12.4 Å². The largest absolute Gasteiger partial charge is 0.374 e. The summed E-state index contributed by atoms with van der Waals surface area (Å²) in [6.45, 7) is 6.19.